The first kappa shape index (κ1) is 7.03. The Kier molecular flexibility index (Phi) is 1.78. The smallest absolute Gasteiger partial charge is 0.0772 e. The van der Waals surface area contributed by atoms with Crippen LogP contribution in [-0.4, -0.2) is 25.3 Å². The van der Waals surface area contributed by atoms with Gasteiger partial charge in [0.15, 0.2) is 0 Å². The molecule has 9 heavy (non-hydrogen) atoms. The van der Waals surface area contributed by atoms with Crippen molar-refractivity contribution in [2.45, 2.75) is 31.9 Å². The summed E-state index contributed by atoms with van der Waals surface area (Å²) in [7, 11) is 1.97. The van der Waals surface area contributed by atoms with Crippen molar-refractivity contribution in [2.75, 3.05) is 13.7 Å². The van der Waals surface area contributed by atoms with Crippen LogP contribution in [0.25, 0.3) is 0 Å². The number of ether oxygens (including phenoxy) is 1. The van der Waals surface area contributed by atoms with Crippen molar-refractivity contribution < 1.29 is 4.74 Å². The minimum Gasteiger partial charge on any atom is -0.376 e. The molecule has 0 saturated carbocycles. The number of likely N-dealkylation sites (N-methyl/N-ethyl adjacent to an activating group) is 1. The van der Waals surface area contributed by atoms with Crippen molar-refractivity contribution in [1.82, 2.24) is 5.32 Å². The molecule has 54 valence electrons. The van der Waals surface area contributed by atoms with Crippen LogP contribution in [0.4, 0.5) is 0 Å². The van der Waals surface area contributed by atoms with Gasteiger partial charge >= 0.3 is 0 Å². The first-order valence-electron chi connectivity index (χ1n) is 3.47. The molecule has 0 amide bonds. The largest absolute Gasteiger partial charge is 0.376 e. The van der Waals surface area contributed by atoms with Crippen LogP contribution in [0.2, 0.25) is 0 Å². The molecule has 0 aliphatic carbocycles. The second-order valence-corrected chi connectivity index (χ2v) is 3.12. The van der Waals surface area contributed by atoms with Crippen molar-refractivity contribution in [3.8, 4) is 0 Å². The van der Waals surface area contributed by atoms with E-state index in [2.05, 4.69) is 19.2 Å². The number of nitrogens with one attached hydrogen (secondary N) is 1. The third kappa shape index (κ3) is 1.25. The third-order valence-electron chi connectivity index (χ3n) is 2.15. The predicted octanol–water partition coefficient (Wildman–Crippen LogP) is 0.773. The summed E-state index contributed by atoms with van der Waals surface area (Å²) in [5.41, 5.74) is 0.165. The van der Waals surface area contributed by atoms with Crippen molar-refractivity contribution in [2.24, 2.45) is 0 Å². The van der Waals surface area contributed by atoms with Crippen LogP contribution in [-0.2, 0) is 4.74 Å². The van der Waals surface area contributed by atoms with E-state index < -0.39 is 0 Å². The Hall–Kier alpha value is -0.0800. The van der Waals surface area contributed by atoms with Gasteiger partial charge in [0.2, 0.25) is 0 Å². The lowest BCUT2D eigenvalue weighted by Gasteiger charge is -2.39. The van der Waals surface area contributed by atoms with E-state index in [4.69, 9.17) is 4.74 Å². The lowest BCUT2D eigenvalue weighted by atomic mass is 9.92. The molecule has 0 aromatic carbocycles. The summed E-state index contributed by atoms with van der Waals surface area (Å²) in [6, 6.07) is 0. The molecule has 2 nitrogen and oxygen atoms in total. The molecule has 1 aliphatic rings. The first-order chi connectivity index (χ1) is 4.17. The summed E-state index contributed by atoms with van der Waals surface area (Å²) in [6.07, 6.45) is 1.64. The van der Waals surface area contributed by atoms with Crippen LogP contribution in [0, 0.1) is 0 Å². The summed E-state index contributed by atoms with van der Waals surface area (Å²) >= 11 is 0. The molecule has 1 unspecified atom stereocenters. The number of hydrogen-bond donors (Lipinski definition) is 1. The minimum absolute atomic E-state index is 0.165. The van der Waals surface area contributed by atoms with Gasteiger partial charge in [-0.25, -0.2) is 0 Å². The van der Waals surface area contributed by atoms with Gasteiger partial charge in [-0.2, -0.15) is 0 Å². The van der Waals surface area contributed by atoms with Crippen molar-refractivity contribution >= 4 is 0 Å². The molecular formula is C7H15NO. The predicted molar refractivity (Wildman–Crippen MR) is 37.5 cm³/mol. The lowest BCUT2D eigenvalue weighted by Crippen LogP contribution is -2.53. The van der Waals surface area contributed by atoms with Crippen LogP contribution in [0.3, 0.4) is 0 Å². The molecule has 0 bridgehead atoms. The normalized spacial score (nSPS) is 27.7. The molecule has 0 spiro atoms. The van der Waals surface area contributed by atoms with Crippen LogP contribution in [0.1, 0.15) is 20.3 Å². The summed E-state index contributed by atoms with van der Waals surface area (Å²) in [5.74, 6) is 0. The van der Waals surface area contributed by atoms with Gasteiger partial charge in [-0.3, -0.25) is 0 Å². The quantitative estimate of drug-likeness (QED) is 0.594. The Morgan fingerprint density at radius 2 is 2.11 bits per heavy atom. The standard InChI is InChI=1S/C7H15NO/c1-7(2,8-3)6-4-5-9-6/h6,8H,4-5H2,1-3H3. The molecule has 0 radical (unpaired) electrons. The highest BCUT2D eigenvalue weighted by atomic mass is 16.5. The van der Waals surface area contributed by atoms with Gasteiger partial charge in [0.1, 0.15) is 0 Å². The molecule has 2 heteroatoms. The highest BCUT2D eigenvalue weighted by molar-refractivity contribution is 4.89. The van der Waals surface area contributed by atoms with Crippen LogP contribution >= 0.6 is 0 Å². The third-order valence-corrected chi connectivity index (χ3v) is 2.15. The van der Waals surface area contributed by atoms with Gasteiger partial charge in [-0.15, -0.1) is 0 Å². The Morgan fingerprint density at radius 3 is 2.22 bits per heavy atom. The summed E-state index contributed by atoms with van der Waals surface area (Å²) in [4.78, 5) is 0. The molecule has 0 aromatic rings. The van der Waals surface area contributed by atoms with Crippen LogP contribution < -0.4 is 5.32 Å². The second kappa shape index (κ2) is 2.27. The Labute approximate surface area is 56.6 Å². The highest BCUT2D eigenvalue weighted by Crippen LogP contribution is 2.22. The molecule has 1 fully saturated rings. The minimum atomic E-state index is 0.165. The fraction of sp³-hybridized carbons (Fsp3) is 1.00. The van der Waals surface area contributed by atoms with E-state index in [1.54, 1.807) is 0 Å². The van der Waals surface area contributed by atoms with Crippen molar-refractivity contribution in [3.05, 3.63) is 0 Å². The van der Waals surface area contributed by atoms with Crippen molar-refractivity contribution in [3.63, 3.8) is 0 Å². The van der Waals surface area contributed by atoms with Gasteiger partial charge in [0.25, 0.3) is 0 Å². The van der Waals surface area contributed by atoms with Gasteiger partial charge in [-0.1, -0.05) is 0 Å². The maximum Gasteiger partial charge on any atom is 0.0772 e. The average molecular weight is 129 g/mol. The zero-order chi connectivity index (χ0) is 6.91. The monoisotopic (exact) mass is 129 g/mol. The van der Waals surface area contributed by atoms with Gasteiger partial charge < -0.3 is 10.1 Å². The maximum absolute atomic E-state index is 5.32. The number of hydrogen-bond acceptors (Lipinski definition) is 2. The maximum atomic E-state index is 5.32. The van der Waals surface area contributed by atoms with E-state index in [1.165, 1.54) is 6.42 Å². The summed E-state index contributed by atoms with van der Waals surface area (Å²) < 4.78 is 5.32. The van der Waals surface area contributed by atoms with E-state index in [0.717, 1.165) is 6.61 Å². The van der Waals surface area contributed by atoms with E-state index in [-0.39, 0.29) is 5.54 Å². The average Bonchev–Trinajstić information content (AvgIpc) is 1.60. The van der Waals surface area contributed by atoms with E-state index in [1.807, 2.05) is 7.05 Å². The zero-order valence-electron chi connectivity index (χ0n) is 6.40. The van der Waals surface area contributed by atoms with Gasteiger partial charge in [0.05, 0.1) is 6.10 Å². The fourth-order valence-corrected chi connectivity index (χ4v) is 0.966. The summed E-state index contributed by atoms with van der Waals surface area (Å²) in [5, 5.41) is 3.22. The molecule has 0 aromatic heterocycles. The van der Waals surface area contributed by atoms with Crippen molar-refractivity contribution in [1.29, 1.82) is 0 Å². The summed E-state index contributed by atoms with van der Waals surface area (Å²) in [6.45, 7) is 5.27. The van der Waals surface area contributed by atoms with E-state index in [9.17, 15) is 0 Å². The molecule has 1 N–H and O–H groups in total. The topological polar surface area (TPSA) is 21.3 Å². The first-order valence-corrected chi connectivity index (χ1v) is 3.47. The Morgan fingerprint density at radius 1 is 1.56 bits per heavy atom. The second-order valence-electron chi connectivity index (χ2n) is 3.12. The molecule has 1 rings (SSSR count). The zero-order valence-corrected chi connectivity index (χ0v) is 6.40. The molecule has 1 saturated heterocycles. The van der Waals surface area contributed by atoms with Gasteiger partial charge in [0, 0.05) is 12.1 Å². The Bertz CT molecular complexity index is 97.1. The molecule has 1 heterocycles. The molecule has 1 atom stereocenters. The molecule has 1 aliphatic heterocycles. The number of rotatable bonds is 2. The highest BCUT2D eigenvalue weighted by Gasteiger charge is 2.33. The SMILES string of the molecule is CNC(C)(C)C1CCO1. The van der Waals surface area contributed by atoms with E-state index in [0.29, 0.717) is 6.10 Å². The van der Waals surface area contributed by atoms with E-state index >= 15 is 0 Å². The fourth-order valence-electron chi connectivity index (χ4n) is 0.966. The lowest BCUT2D eigenvalue weighted by molar-refractivity contribution is -0.0935. The Balaban J connectivity index is 2.37. The van der Waals surface area contributed by atoms with Crippen LogP contribution in [0.15, 0.2) is 0 Å². The molecular weight excluding hydrogens is 114 g/mol. The van der Waals surface area contributed by atoms with Crippen LogP contribution in [0.5, 0.6) is 0 Å². The van der Waals surface area contributed by atoms with Gasteiger partial charge in [-0.05, 0) is 27.3 Å².